The Kier molecular flexibility index (Phi) is 4.28. The Morgan fingerprint density at radius 3 is 2.53 bits per heavy atom. The minimum absolute atomic E-state index is 0.382. The Morgan fingerprint density at radius 1 is 1.33 bits per heavy atom. The normalized spacial score (nSPS) is 12.9. The Hall–Kier alpha value is -0.890. The van der Waals surface area contributed by atoms with Gasteiger partial charge in [-0.1, -0.05) is 31.5 Å². The molecule has 15 heavy (non-hydrogen) atoms. The van der Waals surface area contributed by atoms with Crippen LogP contribution in [-0.2, 0) is 0 Å². The monoisotopic (exact) mass is 226 g/mol. The second-order valence-corrected chi connectivity index (χ2v) is 4.79. The average Bonchev–Trinajstić information content (AvgIpc) is 2.10. The molecule has 3 N–H and O–H groups in total. The first-order valence-corrected chi connectivity index (χ1v) is 5.69. The second-order valence-electron chi connectivity index (χ2n) is 4.38. The zero-order valence-electron chi connectivity index (χ0n) is 9.55. The molecule has 1 rings (SSSR count). The summed E-state index contributed by atoms with van der Waals surface area (Å²) in [6.07, 6.45) is 1.10. The molecule has 1 aromatic carbocycles. The van der Waals surface area contributed by atoms with E-state index in [1.54, 1.807) is 0 Å². The van der Waals surface area contributed by atoms with Crippen LogP contribution in [0.4, 0.5) is 11.4 Å². The van der Waals surface area contributed by atoms with E-state index in [9.17, 15) is 0 Å². The van der Waals surface area contributed by atoms with Crippen molar-refractivity contribution in [1.29, 1.82) is 0 Å². The number of halogens is 1. The zero-order valence-corrected chi connectivity index (χ0v) is 10.3. The molecule has 1 aromatic rings. The number of hydrogen-bond donors (Lipinski definition) is 2. The number of hydrogen-bond acceptors (Lipinski definition) is 2. The molecule has 0 aliphatic heterocycles. The second kappa shape index (κ2) is 5.26. The number of benzene rings is 1. The largest absolute Gasteiger partial charge is 0.397 e. The number of nitrogen functional groups attached to an aromatic ring is 1. The van der Waals surface area contributed by atoms with Gasteiger partial charge in [-0.25, -0.2) is 0 Å². The molecule has 0 aliphatic rings. The lowest BCUT2D eigenvalue weighted by atomic mass is 10.0. The van der Waals surface area contributed by atoms with E-state index in [0.717, 1.165) is 12.1 Å². The Labute approximate surface area is 96.8 Å². The van der Waals surface area contributed by atoms with Crippen molar-refractivity contribution < 1.29 is 0 Å². The fourth-order valence-corrected chi connectivity index (χ4v) is 1.94. The molecule has 0 bridgehead atoms. The summed E-state index contributed by atoms with van der Waals surface area (Å²) in [5.41, 5.74) is 7.41. The summed E-state index contributed by atoms with van der Waals surface area (Å²) < 4.78 is 0. The summed E-state index contributed by atoms with van der Waals surface area (Å²) in [4.78, 5) is 0. The molecule has 3 heteroatoms. The van der Waals surface area contributed by atoms with Gasteiger partial charge >= 0.3 is 0 Å². The van der Waals surface area contributed by atoms with Crippen LogP contribution in [0.3, 0.4) is 0 Å². The van der Waals surface area contributed by atoms with Gasteiger partial charge in [-0.2, -0.15) is 0 Å². The van der Waals surface area contributed by atoms with E-state index in [4.69, 9.17) is 17.3 Å². The highest BCUT2D eigenvalue weighted by Gasteiger charge is 2.09. The molecule has 0 aliphatic carbocycles. The summed E-state index contributed by atoms with van der Waals surface area (Å²) >= 11 is 6.07. The highest BCUT2D eigenvalue weighted by Crippen LogP contribution is 2.29. The molecule has 0 amide bonds. The molecule has 0 heterocycles. The molecule has 1 unspecified atom stereocenters. The first-order chi connectivity index (χ1) is 7.00. The number of nitrogens with one attached hydrogen (secondary N) is 1. The summed E-state index contributed by atoms with van der Waals surface area (Å²) in [6.45, 7) is 6.55. The van der Waals surface area contributed by atoms with E-state index < -0.39 is 0 Å². The number of nitrogens with two attached hydrogens (primary N) is 1. The van der Waals surface area contributed by atoms with Crippen molar-refractivity contribution in [2.45, 2.75) is 33.2 Å². The van der Waals surface area contributed by atoms with Crippen LogP contribution >= 0.6 is 11.6 Å². The van der Waals surface area contributed by atoms with Gasteiger partial charge in [-0.05, 0) is 31.4 Å². The Bertz CT molecular complexity index is 303. The molecule has 84 valence electrons. The molecule has 0 spiro atoms. The van der Waals surface area contributed by atoms with E-state index in [2.05, 4.69) is 26.1 Å². The van der Waals surface area contributed by atoms with Crippen molar-refractivity contribution in [2.75, 3.05) is 11.1 Å². The third-order valence-electron chi connectivity index (χ3n) is 2.26. The first-order valence-electron chi connectivity index (χ1n) is 5.31. The van der Waals surface area contributed by atoms with Gasteiger partial charge in [-0.15, -0.1) is 0 Å². The molecule has 1 atom stereocenters. The van der Waals surface area contributed by atoms with Gasteiger partial charge in [0.1, 0.15) is 0 Å². The molecule has 0 aromatic heterocycles. The third kappa shape index (κ3) is 3.63. The van der Waals surface area contributed by atoms with Crippen molar-refractivity contribution in [2.24, 2.45) is 5.92 Å². The third-order valence-corrected chi connectivity index (χ3v) is 2.58. The van der Waals surface area contributed by atoms with Crippen LogP contribution in [0.2, 0.25) is 5.02 Å². The Morgan fingerprint density at radius 2 is 2.00 bits per heavy atom. The molecule has 0 saturated carbocycles. The van der Waals surface area contributed by atoms with Gasteiger partial charge in [0.05, 0.1) is 16.4 Å². The van der Waals surface area contributed by atoms with Crippen LogP contribution < -0.4 is 11.1 Å². The predicted molar refractivity (Wildman–Crippen MR) is 68.4 cm³/mol. The molecule has 2 nitrogen and oxygen atoms in total. The topological polar surface area (TPSA) is 38.0 Å². The highest BCUT2D eigenvalue weighted by molar-refractivity contribution is 6.33. The van der Waals surface area contributed by atoms with Gasteiger partial charge < -0.3 is 11.1 Å². The maximum atomic E-state index is 6.07. The van der Waals surface area contributed by atoms with Gasteiger partial charge in [0.2, 0.25) is 0 Å². The smallest absolute Gasteiger partial charge is 0.0765 e. The maximum Gasteiger partial charge on any atom is 0.0765 e. The molecule has 0 radical (unpaired) electrons. The van der Waals surface area contributed by atoms with Crippen LogP contribution in [0.15, 0.2) is 18.2 Å². The van der Waals surface area contributed by atoms with Crippen molar-refractivity contribution in [1.82, 2.24) is 0 Å². The van der Waals surface area contributed by atoms with Gasteiger partial charge in [0, 0.05) is 6.04 Å². The quantitative estimate of drug-likeness (QED) is 0.768. The first kappa shape index (κ1) is 12.2. The van der Waals surface area contributed by atoms with E-state index in [1.807, 2.05) is 18.2 Å². The Balaban J connectivity index is 2.71. The molecule has 0 saturated heterocycles. The van der Waals surface area contributed by atoms with Gasteiger partial charge in [-0.3, -0.25) is 0 Å². The standard InChI is InChI=1S/C12H19ClN2/c1-8(2)7-9(3)15-12-10(13)5-4-6-11(12)14/h4-6,8-9,15H,7,14H2,1-3H3. The SMILES string of the molecule is CC(C)CC(C)Nc1c(N)cccc1Cl. The summed E-state index contributed by atoms with van der Waals surface area (Å²) in [7, 11) is 0. The summed E-state index contributed by atoms with van der Waals surface area (Å²) in [6, 6.07) is 5.95. The fourth-order valence-electron chi connectivity index (χ4n) is 1.71. The minimum Gasteiger partial charge on any atom is -0.397 e. The molecular weight excluding hydrogens is 208 g/mol. The van der Waals surface area contributed by atoms with E-state index in [1.165, 1.54) is 0 Å². The lowest BCUT2D eigenvalue weighted by molar-refractivity contribution is 0.540. The van der Waals surface area contributed by atoms with Crippen molar-refractivity contribution >= 4 is 23.0 Å². The van der Waals surface area contributed by atoms with Gasteiger partial charge in [0.15, 0.2) is 0 Å². The van der Waals surface area contributed by atoms with Crippen LogP contribution in [0.1, 0.15) is 27.2 Å². The van der Waals surface area contributed by atoms with E-state index >= 15 is 0 Å². The number of anilines is 2. The maximum absolute atomic E-state index is 6.07. The van der Waals surface area contributed by atoms with Crippen LogP contribution in [0, 0.1) is 5.92 Å². The molecular formula is C12H19ClN2. The highest BCUT2D eigenvalue weighted by atomic mass is 35.5. The minimum atomic E-state index is 0.382. The number of rotatable bonds is 4. The van der Waals surface area contributed by atoms with Crippen LogP contribution in [0.5, 0.6) is 0 Å². The van der Waals surface area contributed by atoms with Crippen molar-refractivity contribution in [3.63, 3.8) is 0 Å². The van der Waals surface area contributed by atoms with Crippen molar-refractivity contribution in [3.05, 3.63) is 23.2 Å². The lowest BCUT2D eigenvalue weighted by Crippen LogP contribution is -2.18. The molecule has 0 fully saturated rings. The fraction of sp³-hybridized carbons (Fsp3) is 0.500. The summed E-state index contributed by atoms with van der Waals surface area (Å²) in [5.74, 6) is 0.663. The van der Waals surface area contributed by atoms with Gasteiger partial charge in [0.25, 0.3) is 0 Å². The number of para-hydroxylation sites is 1. The van der Waals surface area contributed by atoms with E-state index in [0.29, 0.717) is 22.7 Å². The van der Waals surface area contributed by atoms with Crippen LogP contribution in [-0.4, -0.2) is 6.04 Å². The van der Waals surface area contributed by atoms with E-state index in [-0.39, 0.29) is 0 Å². The lowest BCUT2D eigenvalue weighted by Gasteiger charge is -2.19. The van der Waals surface area contributed by atoms with Crippen LogP contribution in [0.25, 0.3) is 0 Å². The predicted octanol–water partition coefficient (Wildman–Crippen LogP) is 3.77. The average molecular weight is 227 g/mol. The zero-order chi connectivity index (χ0) is 11.4. The summed E-state index contributed by atoms with van der Waals surface area (Å²) in [5, 5.41) is 4.04. The van der Waals surface area contributed by atoms with Crippen molar-refractivity contribution in [3.8, 4) is 0 Å².